The first-order valence-corrected chi connectivity index (χ1v) is 6.29. The molecule has 0 aromatic rings. The molecule has 0 aromatic heterocycles. The van der Waals surface area contributed by atoms with E-state index in [2.05, 4.69) is 20.8 Å². The van der Waals surface area contributed by atoms with Crippen LogP contribution < -0.4 is 0 Å². The number of nitrogens with zero attached hydrogens (tertiary/aromatic N) is 1. The maximum absolute atomic E-state index is 5.12. The van der Waals surface area contributed by atoms with Crippen molar-refractivity contribution in [1.82, 2.24) is 4.90 Å². The van der Waals surface area contributed by atoms with E-state index in [0.717, 1.165) is 24.5 Å². The summed E-state index contributed by atoms with van der Waals surface area (Å²) in [4.78, 5) is 2.56. The largest absolute Gasteiger partial charge is 0.383 e. The average molecular weight is 250 g/mol. The molecule has 0 N–H and O–H groups in total. The molecule has 2 nitrogen and oxygen atoms in total. The van der Waals surface area contributed by atoms with E-state index in [0.29, 0.717) is 0 Å². The zero-order valence-electron chi connectivity index (χ0n) is 8.47. The normalized spacial score (nSPS) is 25.8. The molecule has 1 unspecified atom stereocenters. The van der Waals surface area contributed by atoms with Gasteiger partial charge < -0.3 is 4.74 Å². The maximum atomic E-state index is 5.12. The fourth-order valence-electron chi connectivity index (χ4n) is 1.91. The van der Waals surface area contributed by atoms with Gasteiger partial charge in [0.2, 0.25) is 0 Å². The topological polar surface area (TPSA) is 12.5 Å². The van der Waals surface area contributed by atoms with Crippen molar-refractivity contribution in [2.75, 3.05) is 32.1 Å². The lowest BCUT2D eigenvalue weighted by Gasteiger charge is -2.27. The van der Waals surface area contributed by atoms with Gasteiger partial charge in [0, 0.05) is 25.0 Å². The van der Waals surface area contributed by atoms with Gasteiger partial charge in [0.15, 0.2) is 0 Å². The molecule has 0 saturated carbocycles. The highest BCUT2D eigenvalue weighted by atomic mass is 79.9. The molecule has 0 bridgehead atoms. The number of ether oxygens (including phenoxy) is 1. The summed E-state index contributed by atoms with van der Waals surface area (Å²) in [6.07, 6.45) is 5.48. The van der Waals surface area contributed by atoms with Crippen molar-refractivity contribution >= 4 is 15.9 Å². The van der Waals surface area contributed by atoms with Crippen LogP contribution in [0.2, 0.25) is 0 Å². The van der Waals surface area contributed by atoms with Crippen LogP contribution in [0.5, 0.6) is 0 Å². The lowest BCUT2D eigenvalue weighted by molar-refractivity contribution is 0.128. The summed E-state index contributed by atoms with van der Waals surface area (Å²) < 4.78 is 5.12. The van der Waals surface area contributed by atoms with Crippen molar-refractivity contribution in [3.8, 4) is 0 Å². The molecule has 78 valence electrons. The molecular formula is C10H20BrNO. The molecule has 1 aliphatic heterocycles. The SMILES string of the molecule is COCCN1CCCCCC1CBr. The lowest BCUT2D eigenvalue weighted by Crippen LogP contribution is -2.38. The summed E-state index contributed by atoms with van der Waals surface area (Å²) in [6, 6.07) is 0.734. The third-order valence-corrected chi connectivity index (χ3v) is 3.51. The first-order chi connectivity index (χ1) is 6.38. The summed E-state index contributed by atoms with van der Waals surface area (Å²) in [5.41, 5.74) is 0. The zero-order chi connectivity index (χ0) is 9.52. The van der Waals surface area contributed by atoms with E-state index in [-0.39, 0.29) is 0 Å². The molecular weight excluding hydrogens is 230 g/mol. The van der Waals surface area contributed by atoms with Gasteiger partial charge >= 0.3 is 0 Å². The van der Waals surface area contributed by atoms with Gasteiger partial charge in [-0.3, -0.25) is 4.90 Å². The van der Waals surface area contributed by atoms with Gasteiger partial charge in [-0.25, -0.2) is 0 Å². The Labute approximate surface area is 89.8 Å². The van der Waals surface area contributed by atoms with Crippen LogP contribution in [0, 0.1) is 0 Å². The zero-order valence-corrected chi connectivity index (χ0v) is 10.1. The number of hydrogen-bond donors (Lipinski definition) is 0. The van der Waals surface area contributed by atoms with Gasteiger partial charge in [-0.2, -0.15) is 0 Å². The minimum Gasteiger partial charge on any atom is -0.383 e. The van der Waals surface area contributed by atoms with Crippen LogP contribution in [0.1, 0.15) is 25.7 Å². The molecule has 1 heterocycles. The standard InChI is InChI=1S/C10H20BrNO/c1-13-8-7-12-6-4-2-3-5-10(12)9-11/h10H,2-9H2,1H3. The molecule has 1 saturated heterocycles. The fourth-order valence-corrected chi connectivity index (χ4v) is 2.65. The quantitative estimate of drug-likeness (QED) is 0.710. The van der Waals surface area contributed by atoms with Gasteiger partial charge in [-0.15, -0.1) is 0 Å². The van der Waals surface area contributed by atoms with Crippen LogP contribution in [-0.2, 0) is 4.74 Å². The summed E-state index contributed by atoms with van der Waals surface area (Å²) in [5.74, 6) is 0. The third-order valence-electron chi connectivity index (χ3n) is 2.76. The maximum Gasteiger partial charge on any atom is 0.0589 e. The Balaban J connectivity index is 2.34. The Bertz CT molecular complexity index is 132. The Morgan fingerprint density at radius 1 is 1.38 bits per heavy atom. The van der Waals surface area contributed by atoms with Crippen LogP contribution in [-0.4, -0.2) is 43.1 Å². The highest BCUT2D eigenvalue weighted by Gasteiger charge is 2.18. The number of rotatable bonds is 4. The summed E-state index contributed by atoms with van der Waals surface area (Å²) >= 11 is 3.60. The first kappa shape index (κ1) is 11.5. The molecule has 13 heavy (non-hydrogen) atoms. The number of methoxy groups -OCH3 is 1. The number of hydrogen-bond acceptors (Lipinski definition) is 2. The fraction of sp³-hybridized carbons (Fsp3) is 1.00. The van der Waals surface area contributed by atoms with Crippen molar-refractivity contribution in [1.29, 1.82) is 0 Å². The second-order valence-corrected chi connectivity index (χ2v) is 4.33. The Hall–Kier alpha value is 0.400. The van der Waals surface area contributed by atoms with Crippen molar-refractivity contribution in [3.05, 3.63) is 0 Å². The smallest absolute Gasteiger partial charge is 0.0589 e. The van der Waals surface area contributed by atoms with Crippen LogP contribution in [0.25, 0.3) is 0 Å². The summed E-state index contributed by atoms with van der Waals surface area (Å²) in [7, 11) is 1.78. The van der Waals surface area contributed by atoms with Crippen molar-refractivity contribution in [3.63, 3.8) is 0 Å². The predicted molar refractivity (Wildman–Crippen MR) is 59.5 cm³/mol. The van der Waals surface area contributed by atoms with Crippen LogP contribution in [0.3, 0.4) is 0 Å². The van der Waals surface area contributed by atoms with Gasteiger partial charge in [-0.05, 0) is 19.4 Å². The van der Waals surface area contributed by atoms with Crippen LogP contribution in [0.4, 0.5) is 0 Å². The van der Waals surface area contributed by atoms with E-state index < -0.39 is 0 Å². The van der Waals surface area contributed by atoms with E-state index in [1.165, 1.54) is 32.2 Å². The predicted octanol–water partition coefficient (Wildman–Crippen LogP) is 2.27. The minimum atomic E-state index is 0.734. The molecule has 0 aliphatic carbocycles. The summed E-state index contributed by atoms with van der Waals surface area (Å²) in [5, 5.41) is 1.11. The number of halogens is 1. The third kappa shape index (κ3) is 3.96. The molecule has 1 fully saturated rings. The monoisotopic (exact) mass is 249 g/mol. The second kappa shape index (κ2) is 6.80. The molecule has 1 atom stereocenters. The van der Waals surface area contributed by atoms with E-state index in [9.17, 15) is 0 Å². The summed E-state index contributed by atoms with van der Waals surface area (Å²) in [6.45, 7) is 3.20. The Kier molecular flexibility index (Phi) is 6.00. The van der Waals surface area contributed by atoms with Crippen molar-refractivity contribution < 1.29 is 4.74 Å². The van der Waals surface area contributed by atoms with Gasteiger partial charge in [0.1, 0.15) is 0 Å². The van der Waals surface area contributed by atoms with Crippen LogP contribution >= 0.6 is 15.9 Å². The van der Waals surface area contributed by atoms with E-state index in [1.807, 2.05) is 0 Å². The highest BCUT2D eigenvalue weighted by molar-refractivity contribution is 9.09. The van der Waals surface area contributed by atoms with Crippen LogP contribution in [0.15, 0.2) is 0 Å². The highest BCUT2D eigenvalue weighted by Crippen LogP contribution is 2.17. The second-order valence-electron chi connectivity index (χ2n) is 3.69. The van der Waals surface area contributed by atoms with Gasteiger partial charge in [0.25, 0.3) is 0 Å². The van der Waals surface area contributed by atoms with E-state index in [1.54, 1.807) is 7.11 Å². The lowest BCUT2D eigenvalue weighted by atomic mass is 10.1. The van der Waals surface area contributed by atoms with E-state index in [4.69, 9.17) is 4.74 Å². The minimum absolute atomic E-state index is 0.734. The van der Waals surface area contributed by atoms with Gasteiger partial charge in [-0.1, -0.05) is 28.8 Å². The van der Waals surface area contributed by atoms with Crippen molar-refractivity contribution in [2.45, 2.75) is 31.7 Å². The Morgan fingerprint density at radius 2 is 2.23 bits per heavy atom. The molecule has 0 radical (unpaired) electrons. The van der Waals surface area contributed by atoms with Gasteiger partial charge in [0.05, 0.1) is 6.61 Å². The Morgan fingerprint density at radius 3 is 2.92 bits per heavy atom. The molecule has 0 spiro atoms. The van der Waals surface area contributed by atoms with Crippen molar-refractivity contribution in [2.24, 2.45) is 0 Å². The molecule has 0 amide bonds. The van der Waals surface area contributed by atoms with E-state index >= 15 is 0 Å². The molecule has 3 heteroatoms. The first-order valence-electron chi connectivity index (χ1n) is 5.17. The number of likely N-dealkylation sites (tertiary alicyclic amines) is 1. The number of alkyl halides is 1. The molecule has 1 rings (SSSR count). The molecule has 0 aromatic carbocycles. The molecule has 1 aliphatic rings. The average Bonchev–Trinajstić information content (AvgIpc) is 2.39.